The van der Waals surface area contributed by atoms with E-state index in [0.29, 0.717) is 16.1 Å². The first-order valence-corrected chi connectivity index (χ1v) is 8.96. The number of aromatic nitrogens is 2. The summed E-state index contributed by atoms with van der Waals surface area (Å²) < 4.78 is 17.0. The number of carbonyl (C=O) groups excluding carboxylic acids is 1. The zero-order valence-corrected chi connectivity index (χ0v) is 15.1. The normalized spacial score (nSPS) is 11.3. The summed E-state index contributed by atoms with van der Waals surface area (Å²) in [5, 5.41) is 0.617. The standard InChI is InChI=1S/C21H16ClFN2O2/c22-15-5-3-14(4-6-15)12-17(26)9-11-25-20-13-16(23)7-8-18(20)24-10-1-2-19(24)21(25)27/h1-8,10,13H,9,11-12H2. The van der Waals surface area contributed by atoms with E-state index in [1.54, 1.807) is 40.9 Å². The number of aryl methyl sites for hydroxylation is 1. The quantitative estimate of drug-likeness (QED) is 0.518. The van der Waals surface area contributed by atoms with Crippen LogP contribution in [-0.4, -0.2) is 14.8 Å². The van der Waals surface area contributed by atoms with Gasteiger partial charge in [-0.15, -0.1) is 0 Å². The van der Waals surface area contributed by atoms with E-state index in [4.69, 9.17) is 11.6 Å². The molecular formula is C21H16ClFN2O2. The minimum atomic E-state index is -0.422. The summed E-state index contributed by atoms with van der Waals surface area (Å²) >= 11 is 5.86. The highest BCUT2D eigenvalue weighted by molar-refractivity contribution is 6.30. The number of nitrogens with zero attached hydrogens (tertiary/aromatic N) is 2. The van der Waals surface area contributed by atoms with Crippen LogP contribution in [0.25, 0.3) is 16.6 Å². The maximum Gasteiger partial charge on any atom is 0.275 e. The van der Waals surface area contributed by atoms with Crippen LogP contribution in [0.3, 0.4) is 0 Å². The van der Waals surface area contributed by atoms with E-state index >= 15 is 0 Å². The van der Waals surface area contributed by atoms with Crippen LogP contribution in [0.4, 0.5) is 4.39 Å². The summed E-state index contributed by atoms with van der Waals surface area (Å²) in [6, 6.07) is 14.9. The predicted octanol–water partition coefficient (Wildman–Crippen LogP) is 4.25. The number of ketones is 1. The molecule has 4 nitrogen and oxygen atoms in total. The van der Waals surface area contributed by atoms with Crippen molar-refractivity contribution in [2.45, 2.75) is 19.4 Å². The first kappa shape index (κ1) is 17.5. The Labute approximate surface area is 159 Å². The number of Topliss-reactive ketones (excluding diaryl/α,β-unsaturated/α-hetero) is 1. The van der Waals surface area contributed by atoms with Gasteiger partial charge in [-0.2, -0.15) is 0 Å². The number of rotatable bonds is 5. The van der Waals surface area contributed by atoms with Crippen LogP contribution >= 0.6 is 11.6 Å². The largest absolute Gasteiger partial charge is 0.310 e. The van der Waals surface area contributed by atoms with Crippen LogP contribution < -0.4 is 5.56 Å². The van der Waals surface area contributed by atoms with Crippen molar-refractivity contribution in [1.82, 2.24) is 8.97 Å². The van der Waals surface area contributed by atoms with Crippen LogP contribution in [0.1, 0.15) is 12.0 Å². The smallest absolute Gasteiger partial charge is 0.275 e. The van der Waals surface area contributed by atoms with Crippen LogP contribution in [0.15, 0.2) is 65.6 Å². The molecule has 0 fully saturated rings. The van der Waals surface area contributed by atoms with Crippen molar-refractivity contribution in [3.63, 3.8) is 0 Å². The molecule has 6 heteroatoms. The number of halogens is 2. The van der Waals surface area contributed by atoms with Gasteiger partial charge in [-0.05, 0) is 48.0 Å². The summed E-state index contributed by atoms with van der Waals surface area (Å²) in [7, 11) is 0. The average Bonchev–Trinajstić information content (AvgIpc) is 3.13. The van der Waals surface area contributed by atoms with Gasteiger partial charge in [-0.3, -0.25) is 9.59 Å². The molecule has 2 aromatic carbocycles. The van der Waals surface area contributed by atoms with Crippen molar-refractivity contribution in [1.29, 1.82) is 0 Å². The van der Waals surface area contributed by atoms with Gasteiger partial charge in [0.15, 0.2) is 0 Å². The third kappa shape index (κ3) is 3.38. The molecule has 2 aromatic heterocycles. The van der Waals surface area contributed by atoms with Gasteiger partial charge in [0.05, 0.1) is 11.0 Å². The number of fused-ring (bicyclic) bond motifs is 3. The van der Waals surface area contributed by atoms with Crippen LogP contribution in [0.5, 0.6) is 0 Å². The molecule has 0 amide bonds. The third-order valence-corrected chi connectivity index (χ3v) is 4.88. The lowest BCUT2D eigenvalue weighted by atomic mass is 10.1. The molecule has 4 rings (SSSR count). The van der Waals surface area contributed by atoms with E-state index in [1.165, 1.54) is 16.7 Å². The highest BCUT2D eigenvalue weighted by Gasteiger charge is 2.13. The van der Waals surface area contributed by atoms with Crippen LogP contribution in [0, 0.1) is 5.82 Å². The van der Waals surface area contributed by atoms with Gasteiger partial charge in [-0.1, -0.05) is 23.7 Å². The highest BCUT2D eigenvalue weighted by Crippen LogP contribution is 2.17. The van der Waals surface area contributed by atoms with Gasteiger partial charge in [0.25, 0.3) is 5.56 Å². The summed E-state index contributed by atoms with van der Waals surface area (Å²) in [5.74, 6) is -0.418. The fraction of sp³-hybridized carbons (Fsp3) is 0.143. The zero-order chi connectivity index (χ0) is 19.0. The van der Waals surface area contributed by atoms with Crippen molar-refractivity contribution < 1.29 is 9.18 Å². The fourth-order valence-electron chi connectivity index (χ4n) is 3.31. The Morgan fingerprint density at radius 1 is 1.00 bits per heavy atom. The molecular weight excluding hydrogens is 367 g/mol. The van der Waals surface area contributed by atoms with E-state index in [2.05, 4.69) is 0 Å². The molecule has 0 saturated carbocycles. The van der Waals surface area contributed by atoms with Crippen molar-refractivity contribution in [2.75, 3.05) is 0 Å². The van der Waals surface area contributed by atoms with E-state index in [9.17, 15) is 14.0 Å². The second-order valence-electron chi connectivity index (χ2n) is 6.45. The molecule has 4 aromatic rings. The summed E-state index contributed by atoms with van der Waals surface area (Å²) in [6.45, 7) is 0.201. The minimum absolute atomic E-state index is 0.00373. The fourth-order valence-corrected chi connectivity index (χ4v) is 3.43. The molecule has 0 atom stereocenters. The maximum atomic E-state index is 13.8. The Morgan fingerprint density at radius 3 is 2.56 bits per heavy atom. The first-order chi connectivity index (χ1) is 13.0. The van der Waals surface area contributed by atoms with Gasteiger partial charge >= 0.3 is 0 Å². The predicted molar refractivity (Wildman–Crippen MR) is 104 cm³/mol. The maximum absolute atomic E-state index is 13.8. The molecule has 0 aliphatic rings. The van der Waals surface area contributed by atoms with Gasteiger partial charge < -0.3 is 8.97 Å². The first-order valence-electron chi connectivity index (χ1n) is 8.58. The Morgan fingerprint density at radius 2 is 1.78 bits per heavy atom. The van der Waals surface area contributed by atoms with E-state index < -0.39 is 5.82 Å². The Balaban J connectivity index is 1.65. The van der Waals surface area contributed by atoms with Gasteiger partial charge in [-0.25, -0.2) is 4.39 Å². The lowest BCUT2D eigenvalue weighted by molar-refractivity contribution is -0.118. The molecule has 0 bridgehead atoms. The van der Waals surface area contributed by atoms with Crippen molar-refractivity contribution in [2.24, 2.45) is 0 Å². The average molecular weight is 383 g/mol. The van der Waals surface area contributed by atoms with Crippen molar-refractivity contribution in [3.8, 4) is 0 Å². The SMILES string of the molecule is O=C(CCn1c(=O)c2cccn2c2ccc(F)cc21)Cc1ccc(Cl)cc1. The molecule has 0 aliphatic carbocycles. The summed E-state index contributed by atoms with van der Waals surface area (Å²) in [4.78, 5) is 25.2. The number of hydrogen-bond acceptors (Lipinski definition) is 2. The summed E-state index contributed by atoms with van der Waals surface area (Å²) in [5.41, 5.74) is 2.33. The van der Waals surface area contributed by atoms with Crippen LogP contribution in [-0.2, 0) is 17.8 Å². The molecule has 0 radical (unpaired) electrons. The van der Waals surface area contributed by atoms with E-state index in [1.807, 2.05) is 12.1 Å². The molecule has 27 heavy (non-hydrogen) atoms. The summed E-state index contributed by atoms with van der Waals surface area (Å²) in [6.07, 6.45) is 2.23. The van der Waals surface area contributed by atoms with Crippen LogP contribution in [0.2, 0.25) is 5.02 Å². The third-order valence-electron chi connectivity index (χ3n) is 4.63. The van der Waals surface area contributed by atoms with Crippen molar-refractivity contribution in [3.05, 3.63) is 87.6 Å². The number of benzene rings is 2. The Bertz CT molecular complexity index is 1210. The topological polar surface area (TPSA) is 43.5 Å². The van der Waals surface area contributed by atoms with Gasteiger partial charge in [0.2, 0.25) is 0 Å². The lowest BCUT2D eigenvalue weighted by Gasteiger charge is -2.12. The molecule has 2 heterocycles. The van der Waals surface area contributed by atoms with Gasteiger partial charge in [0, 0.05) is 30.6 Å². The molecule has 0 N–H and O–H groups in total. The molecule has 136 valence electrons. The van der Waals surface area contributed by atoms with Gasteiger partial charge in [0.1, 0.15) is 17.1 Å². The monoisotopic (exact) mass is 382 g/mol. The minimum Gasteiger partial charge on any atom is -0.310 e. The van der Waals surface area contributed by atoms with E-state index in [-0.39, 0.29) is 30.7 Å². The Hall–Kier alpha value is -2.92. The second-order valence-corrected chi connectivity index (χ2v) is 6.88. The molecule has 0 saturated heterocycles. The lowest BCUT2D eigenvalue weighted by Crippen LogP contribution is -2.24. The number of carbonyl (C=O) groups is 1. The highest BCUT2D eigenvalue weighted by atomic mass is 35.5. The molecule has 0 unspecified atom stereocenters. The Kier molecular flexibility index (Phi) is 4.54. The molecule has 0 aliphatic heterocycles. The zero-order valence-electron chi connectivity index (χ0n) is 14.4. The van der Waals surface area contributed by atoms with Crippen molar-refractivity contribution >= 4 is 33.9 Å². The number of hydrogen-bond donors (Lipinski definition) is 0. The molecule has 0 spiro atoms. The second kappa shape index (κ2) is 7.00. The van der Waals surface area contributed by atoms with E-state index in [0.717, 1.165) is 11.1 Å².